The zero-order valence-corrected chi connectivity index (χ0v) is 10.6. The van der Waals surface area contributed by atoms with Crippen molar-refractivity contribution in [3.8, 4) is 0 Å². The highest BCUT2D eigenvalue weighted by Crippen LogP contribution is 2.12. The van der Waals surface area contributed by atoms with E-state index in [-0.39, 0.29) is 11.8 Å². The maximum absolute atomic E-state index is 11.7. The average Bonchev–Trinajstić information content (AvgIpc) is 2.30. The van der Waals surface area contributed by atoms with E-state index in [2.05, 4.69) is 19.2 Å². The molecule has 0 aliphatic rings. The lowest BCUT2D eigenvalue weighted by molar-refractivity contribution is -0.125. The maximum Gasteiger partial charge on any atom is 0.223 e. The van der Waals surface area contributed by atoms with Gasteiger partial charge in [-0.15, -0.1) is 0 Å². The molecule has 0 spiro atoms. The predicted octanol–water partition coefficient (Wildman–Crippen LogP) is 1.29. The van der Waals surface area contributed by atoms with Crippen molar-refractivity contribution in [3.05, 3.63) is 0 Å². The van der Waals surface area contributed by atoms with Crippen molar-refractivity contribution in [2.75, 3.05) is 26.3 Å². The Morgan fingerprint density at radius 2 is 2.12 bits per heavy atom. The van der Waals surface area contributed by atoms with Crippen LogP contribution >= 0.6 is 0 Å². The first-order chi connectivity index (χ1) is 7.76. The topological polar surface area (TPSA) is 64.3 Å². The summed E-state index contributed by atoms with van der Waals surface area (Å²) in [6, 6.07) is 0. The number of hydrogen-bond donors (Lipinski definition) is 2. The van der Waals surface area contributed by atoms with Gasteiger partial charge in [0.2, 0.25) is 5.91 Å². The van der Waals surface area contributed by atoms with E-state index in [0.717, 1.165) is 25.7 Å². The quantitative estimate of drug-likeness (QED) is 0.556. The summed E-state index contributed by atoms with van der Waals surface area (Å²) in [6.07, 6.45) is 4.16. The van der Waals surface area contributed by atoms with Gasteiger partial charge in [0.15, 0.2) is 0 Å². The van der Waals surface area contributed by atoms with Gasteiger partial charge in [0.1, 0.15) is 0 Å². The molecule has 4 heteroatoms. The Balaban J connectivity index is 3.58. The molecule has 0 aliphatic carbocycles. The van der Waals surface area contributed by atoms with Crippen molar-refractivity contribution in [3.63, 3.8) is 0 Å². The molecule has 3 N–H and O–H groups in total. The molecule has 1 atom stereocenters. The van der Waals surface area contributed by atoms with Crippen LogP contribution in [0.3, 0.4) is 0 Å². The summed E-state index contributed by atoms with van der Waals surface area (Å²) >= 11 is 0. The molecule has 4 nitrogen and oxygen atoms in total. The standard InChI is InChI=1S/C12H26N2O2/c1-3-5-6-11(4-2)12(15)14-8-10-16-9-7-13/h11H,3-10,13H2,1-2H3,(H,14,15). The van der Waals surface area contributed by atoms with Crippen LogP contribution in [0.2, 0.25) is 0 Å². The zero-order valence-electron chi connectivity index (χ0n) is 10.6. The number of ether oxygens (including phenoxy) is 1. The Hall–Kier alpha value is -0.610. The van der Waals surface area contributed by atoms with Gasteiger partial charge < -0.3 is 15.8 Å². The van der Waals surface area contributed by atoms with E-state index in [9.17, 15) is 4.79 Å². The maximum atomic E-state index is 11.7. The fourth-order valence-electron chi connectivity index (χ4n) is 1.55. The normalized spacial score (nSPS) is 12.4. The molecule has 0 saturated carbocycles. The van der Waals surface area contributed by atoms with Gasteiger partial charge >= 0.3 is 0 Å². The summed E-state index contributed by atoms with van der Waals surface area (Å²) in [5.74, 6) is 0.321. The lowest BCUT2D eigenvalue weighted by Crippen LogP contribution is -2.33. The molecule has 16 heavy (non-hydrogen) atoms. The van der Waals surface area contributed by atoms with Gasteiger partial charge in [0.05, 0.1) is 13.2 Å². The lowest BCUT2D eigenvalue weighted by Gasteiger charge is -2.14. The number of carbonyl (C=O) groups is 1. The molecule has 0 radical (unpaired) electrons. The van der Waals surface area contributed by atoms with E-state index >= 15 is 0 Å². The van der Waals surface area contributed by atoms with E-state index < -0.39 is 0 Å². The van der Waals surface area contributed by atoms with Crippen molar-refractivity contribution in [2.45, 2.75) is 39.5 Å². The fraction of sp³-hybridized carbons (Fsp3) is 0.917. The smallest absolute Gasteiger partial charge is 0.223 e. The molecule has 0 aliphatic heterocycles. The van der Waals surface area contributed by atoms with Crippen LogP contribution in [-0.4, -0.2) is 32.2 Å². The summed E-state index contributed by atoms with van der Waals surface area (Å²) < 4.78 is 5.19. The molecule has 96 valence electrons. The van der Waals surface area contributed by atoms with Crippen molar-refractivity contribution in [1.29, 1.82) is 0 Å². The number of nitrogens with one attached hydrogen (secondary N) is 1. The highest BCUT2D eigenvalue weighted by atomic mass is 16.5. The predicted molar refractivity (Wildman–Crippen MR) is 66.2 cm³/mol. The van der Waals surface area contributed by atoms with Crippen molar-refractivity contribution in [1.82, 2.24) is 5.32 Å². The third kappa shape index (κ3) is 7.65. The second-order valence-electron chi connectivity index (χ2n) is 3.94. The molecular formula is C12H26N2O2. The van der Waals surface area contributed by atoms with Crippen LogP contribution in [0.4, 0.5) is 0 Å². The Morgan fingerprint density at radius 1 is 1.38 bits per heavy atom. The Kier molecular flexibility index (Phi) is 10.5. The Labute approximate surface area is 98.9 Å². The number of hydrogen-bond acceptors (Lipinski definition) is 3. The monoisotopic (exact) mass is 230 g/mol. The van der Waals surface area contributed by atoms with E-state index in [0.29, 0.717) is 26.3 Å². The first kappa shape index (κ1) is 15.4. The minimum Gasteiger partial charge on any atom is -0.378 e. The van der Waals surface area contributed by atoms with Gasteiger partial charge in [-0.05, 0) is 12.8 Å². The van der Waals surface area contributed by atoms with E-state index in [1.165, 1.54) is 0 Å². The van der Waals surface area contributed by atoms with Gasteiger partial charge in [0, 0.05) is 19.0 Å². The summed E-state index contributed by atoms with van der Waals surface area (Å²) in [4.78, 5) is 11.7. The lowest BCUT2D eigenvalue weighted by atomic mass is 9.98. The molecule has 0 rings (SSSR count). The van der Waals surface area contributed by atoms with Crippen LogP contribution in [-0.2, 0) is 9.53 Å². The fourth-order valence-corrected chi connectivity index (χ4v) is 1.55. The molecule has 1 amide bonds. The SMILES string of the molecule is CCCCC(CC)C(=O)NCCOCCN. The molecule has 0 aromatic heterocycles. The Bertz CT molecular complexity index is 174. The van der Waals surface area contributed by atoms with Crippen molar-refractivity contribution in [2.24, 2.45) is 11.7 Å². The van der Waals surface area contributed by atoms with Gasteiger partial charge in [-0.25, -0.2) is 0 Å². The average molecular weight is 230 g/mol. The second kappa shape index (κ2) is 10.9. The Morgan fingerprint density at radius 3 is 2.69 bits per heavy atom. The summed E-state index contributed by atoms with van der Waals surface area (Å²) in [7, 11) is 0. The van der Waals surface area contributed by atoms with Crippen LogP contribution in [0.15, 0.2) is 0 Å². The number of amides is 1. The summed E-state index contributed by atoms with van der Waals surface area (Å²) in [5, 5.41) is 2.90. The van der Waals surface area contributed by atoms with Crippen molar-refractivity contribution < 1.29 is 9.53 Å². The molecule has 0 heterocycles. The van der Waals surface area contributed by atoms with E-state index in [1.807, 2.05) is 0 Å². The van der Waals surface area contributed by atoms with Gasteiger partial charge in [-0.2, -0.15) is 0 Å². The van der Waals surface area contributed by atoms with Crippen LogP contribution in [0.1, 0.15) is 39.5 Å². The number of rotatable bonds is 10. The summed E-state index contributed by atoms with van der Waals surface area (Å²) in [5.41, 5.74) is 5.28. The molecule has 0 saturated heterocycles. The molecule has 0 bridgehead atoms. The number of unbranched alkanes of at least 4 members (excludes halogenated alkanes) is 1. The highest BCUT2D eigenvalue weighted by molar-refractivity contribution is 5.78. The summed E-state index contributed by atoms with van der Waals surface area (Å²) in [6.45, 7) is 6.43. The zero-order chi connectivity index (χ0) is 12.2. The van der Waals surface area contributed by atoms with E-state index in [4.69, 9.17) is 10.5 Å². The third-order valence-corrected chi connectivity index (χ3v) is 2.58. The molecular weight excluding hydrogens is 204 g/mol. The molecule has 0 aromatic carbocycles. The van der Waals surface area contributed by atoms with Gasteiger partial charge in [0.25, 0.3) is 0 Å². The van der Waals surface area contributed by atoms with Crippen LogP contribution in [0.5, 0.6) is 0 Å². The van der Waals surface area contributed by atoms with Crippen LogP contribution in [0.25, 0.3) is 0 Å². The minimum absolute atomic E-state index is 0.160. The van der Waals surface area contributed by atoms with Gasteiger partial charge in [-0.3, -0.25) is 4.79 Å². The van der Waals surface area contributed by atoms with Crippen molar-refractivity contribution >= 4 is 5.91 Å². The van der Waals surface area contributed by atoms with Gasteiger partial charge in [-0.1, -0.05) is 26.7 Å². The van der Waals surface area contributed by atoms with Crippen LogP contribution in [0, 0.1) is 5.92 Å². The highest BCUT2D eigenvalue weighted by Gasteiger charge is 2.14. The second-order valence-corrected chi connectivity index (χ2v) is 3.94. The number of nitrogens with two attached hydrogens (primary N) is 1. The molecule has 0 aromatic rings. The largest absolute Gasteiger partial charge is 0.378 e. The number of carbonyl (C=O) groups excluding carboxylic acids is 1. The first-order valence-corrected chi connectivity index (χ1v) is 6.31. The van der Waals surface area contributed by atoms with Crippen LogP contribution < -0.4 is 11.1 Å². The van der Waals surface area contributed by atoms with E-state index in [1.54, 1.807) is 0 Å². The minimum atomic E-state index is 0.160. The first-order valence-electron chi connectivity index (χ1n) is 6.31. The third-order valence-electron chi connectivity index (χ3n) is 2.58. The molecule has 0 fully saturated rings. The molecule has 1 unspecified atom stereocenters.